The number of halogens is 1. The first-order valence-electron chi connectivity index (χ1n) is 11.4. The number of carbonyl (C=O) groups is 1. The molecule has 0 saturated heterocycles. The number of methoxy groups -OCH3 is 2. The van der Waals surface area contributed by atoms with Crippen LogP contribution in [0.4, 0.5) is 11.4 Å². The molecule has 0 aliphatic rings. The van der Waals surface area contributed by atoms with Gasteiger partial charge in [0, 0.05) is 5.02 Å². The van der Waals surface area contributed by atoms with Gasteiger partial charge >= 0.3 is 0 Å². The molecule has 0 unspecified atom stereocenters. The van der Waals surface area contributed by atoms with Gasteiger partial charge in [0.25, 0.3) is 10.0 Å². The van der Waals surface area contributed by atoms with Crippen molar-refractivity contribution in [3.63, 3.8) is 0 Å². The molecule has 0 aliphatic heterocycles. The first-order valence-corrected chi connectivity index (χ1v) is 13.3. The lowest BCUT2D eigenvalue weighted by molar-refractivity contribution is -0.114. The first kappa shape index (κ1) is 26.8. The van der Waals surface area contributed by atoms with E-state index in [-0.39, 0.29) is 22.0 Å². The van der Waals surface area contributed by atoms with E-state index in [0.29, 0.717) is 22.3 Å². The van der Waals surface area contributed by atoms with Crippen LogP contribution >= 0.6 is 11.6 Å². The fraction of sp³-hybridized carbons (Fsp3) is 0.107. The number of ether oxygens (including phenoxy) is 3. The second-order valence-corrected chi connectivity index (χ2v) is 10.3. The van der Waals surface area contributed by atoms with Crippen molar-refractivity contribution < 1.29 is 27.4 Å². The minimum Gasteiger partial charge on any atom is -0.497 e. The highest BCUT2D eigenvalue weighted by Crippen LogP contribution is 2.34. The maximum Gasteiger partial charge on any atom is 0.264 e. The molecular weight excluding hydrogens is 528 g/mol. The molecule has 10 heteroatoms. The van der Waals surface area contributed by atoms with Gasteiger partial charge in [-0.3, -0.25) is 9.10 Å². The van der Waals surface area contributed by atoms with Gasteiger partial charge in [0.15, 0.2) is 5.75 Å². The molecule has 8 nitrogen and oxygen atoms in total. The molecule has 4 aromatic carbocycles. The number of sulfonamides is 1. The molecule has 196 valence electrons. The van der Waals surface area contributed by atoms with Gasteiger partial charge in [-0.05, 0) is 66.7 Å². The van der Waals surface area contributed by atoms with Crippen molar-refractivity contribution in [1.29, 1.82) is 0 Å². The molecule has 0 fully saturated rings. The molecule has 0 aliphatic carbocycles. The van der Waals surface area contributed by atoms with E-state index in [4.69, 9.17) is 25.8 Å². The van der Waals surface area contributed by atoms with Gasteiger partial charge in [0.2, 0.25) is 5.91 Å². The van der Waals surface area contributed by atoms with Crippen LogP contribution in [-0.2, 0) is 14.8 Å². The molecule has 0 heterocycles. The van der Waals surface area contributed by atoms with Gasteiger partial charge in [0.05, 0.1) is 30.5 Å². The number of carbonyl (C=O) groups excluding carboxylic acids is 1. The molecule has 1 N–H and O–H groups in total. The zero-order valence-corrected chi connectivity index (χ0v) is 22.2. The second kappa shape index (κ2) is 11.9. The predicted molar refractivity (Wildman–Crippen MR) is 147 cm³/mol. The number of para-hydroxylation sites is 3. The Morgan fingerprint density at radius 3 is 2.18 bits per heavy atom. The minimum absolute atomic E-state index is 0.0205. The number of amides is 1. The van der Waals surface area contributed by atoms with Crippen LogP contribution in [0.25, 0.3) is 0 Å². The quantitative estimate of drug-likeness (QED) is 0.260. The van der Waals surface area contributed by atoms with Crippen LogP contribution in [0, 0.1) is 0 Å². The topological polar surface area (TPSA) is 94.2 Å². The third-order valence-electron chi connectivity index (χ3n) is 5.48. The average Bonchev–Trinajstić information content (AvgIpc) is 2.93. The summed E-state index contributed by atoms with van der Waals surface area (Å²) < 4.78 is 45.0. The fourth-order valence-corrected chi connectivity index (χ4v) is 5.24. The van der Waals surface area contributed by atoms with Crippen molar-refractivity contribution in [1.82, 2.24) is 0 Å². The highest BCUT2D eigenvalue weighted by Gasteiger charge is 2.29. The number of rotatable bonds is 10. The Morgan fingerprint density at radius 2 is 1.50 bits per heavy atom. The Bertz CT molecular complexity index is 1510. The summed E-state index contributed by atoms with van der Waals surface area (Å²) in [5.41, 5.74) is 0.487. The van der Waals surface area contributed by atoms with Crippen LogP contribution in [0.5, 0.6) is 23.0 Å². The summed E-state index contributed by atoms with van der Waals surface area (Å²) in [5.74, 6) is 1.07. The van der Waals surface area contributed by atoms with E-state index in [1.807, 2.05) is 18.2 Å². The van der Waals surface area contributed by atoms with Gasteiger partial charge in [-0.1, -0.05) is 41.9 Å². The molecule has 0 radical (unpaired) electrons. The third-order valence-corrected chi connectivity index (χ3v) is 7.48. The molecule has 0 saturated carbocycles. The van der Waals surface area contributed by atoms with Gasteiger partial charge < -0.3 is 19.5 Å². The number of benzene rings is 4. The molecule has 4 rings (SSSR count). The standard InChI is InChI=1S/C28H25ClN2O6S/c1-35-21-13-15-23(16-14-21)38(33,34)31(25-10-6-7-11-27(25)36-2)19-28(32)30-24-18-20(29)12-17-26(24)37-22-8-4-3-5-9-22/h3-18H,19H2,1-2H3,(H,30,32). The van der Waals surface area contributed by atoms with E-state index < -0.39 is 22.5 Å². The summed E-state index contributed by atoms with van der Waals surface area (Å²) in [5, 5.41) is 3.10. The Morgan fingerprint density at radius 1 is 0.816 bits per heavy atom. The molecule has 0 spiro atoms. The summed E-state index contributed by atoms with van der Waals surface area (Å²) in [7, 11) is -1.27. The van der Waals surface area contributed by atoms with E-state index in [1.165, 1.54) is 44.6 Å². The van der Waals surface area contributed by atoms with E-state index in [9.17, 15) is 13.2 Å². The molecule has 0 aromatic heterocycles. The average molecular weight is 553 g/mol. The number of hydrogen-bond donors (Lipinski definition) is 1. The Labute approximate surface area is 226 Å². The Kier molecular flexibility index (Phi) is 8.40. The van der Waals surface area contributed by atoms with Crippen LogP contribution < -0.4 is 23.8 Å². The van der Waals surface area contributed by atoms with Crippen LogP contribution in [0.2, 0.25) is 5.02 Å². The first-order chi connectivity index (χ1) is 18.3. The van der Waals surface area contributed by atoms with Gasteiger partial charge in [-0.15, -0.1) is 0 Å². The van der Waals surface area contributed by atoms with Gasteiger partial charge in [-0.2, -0.15) is 0 Å². The Balaban J connectivity index is 1.67. The van der Waals surface area contributed by atoms with E-state index >= 15 is 0 Å². The highest BCUT2D eigenvalue weighted by molar-refractivity contribution is 7.92. The van der Waals surface area contributed by atoms with Crippen molar-refractivity contribution >= 4 is 38.9 Å². The molecule has 0 bridgehead atoms. The summed E-state index contributed by atoms with van der Waals surface area (Å²) >= 11 is 6.18. The van der Waals surface area contributed by atoms with Crippen LogP contribution in [0.1, 0.15) is 0 Å². The van der Waals surface area contributed by atoms with Gasteiger partial charge in [0.1, 0.15) is 23.8 Å². The van der Waals surface area contributed by atoms with Crippen molar-refractivity contribution in [2.75, 3.05) is 30.4 Å². The summed E-state index contributed by atoms with van der Waals surface area (Å²) in [4.78, 5) is 13.3. The lowest BCUT2D eigenvalue weighted by Gasteiger charge is -2.26. The molecular formula is C28H25ClN2O6S. The molecule has 38 heavy (non-hydrogen) atoms. The van der Waals surface area contributed by atoms with Crippen LogP contribution in [0.3, 0.4) is 0 Å². The van der Waals surface area contributed by atoms with Crippen molar-refractivity contribution in [3.8, 4) is 23.0 Å². The smallest absolute Gasteiger partial charge is 0.264 e. The van der Waals surface area contributed by atoms with E-state index in [0.717, 1.165) is 4.31 Å². The summed E-state index contributed by atoms with van der Waals surface area (Å²) in [6, 6.07) is 26.3. The predicted octanol–water partition coefficient (Wildman–Crippen LogP) is 5.98. The summed E-state index contributed by atoms with van der Waals surface area (Å²) in [6.07, 6.45) is 0. The minimum atomic E-state index is -4.19. The maximum atomic E-state index is 13.8. The lowest BCUT2D eigenvalue weighted by Crippen LogP contribution is -2.38. The van der Waals surface area contributed by atoms with E-state index in [2.05, 4.69) is 5.32 Å². The van der Waals surface area contributed by atoms with Crippen LogP contribution in [-0.4, -0.2) is 35.1 Å². The number of anilines is 2. The van der Waals surface area contributed by atoms with E-state index in [1.54, 1.807) is 48.5 Å². The SMILES string of the molecule is COc1ccc(S(=O)(=O)N(CC(=O)Nc2cc(Cl)ccc2Oc2ccccc2)c2ccccc2OC)cc1. The largest absolute Gasteiger partial charge is 0.497 e. The molecule has 0 atom stereocenters. The second-order valence-electron chi connectivity index (χ2n) is 7.96. The zero-order chi connectivity index (χ0) is 27.1. The molecule has 4 aromatic rings. The monoisotopic (exact) mass is 552 g/mol. The van der Waals surface area contributed by atoms with Gasteiger partial charge in [-0.25, -0.2) is 8.42 Å². The number of nitrogens with one attached hydrogen (secondary N) is 1. The maximum absolute atomic E-state index is 13.8. The highest BCUT2D eigenvalue weighted by atomic mass is 35.5. The number of nitrogens with zero attached hydrogens (tertiary/aromatic N) is 1. The normalized spacial score (nSPS) is 10.9. The van der Waals surface area contributed by atoms with Crippen molar-refractivity contribution in [2.45, 2.75) is 4.90 Å². The fourth-order valence-electron chi connectivity index (χ4n) is 3.63. The summed E-state index contributed by atoms with van der Waals surface area (Å²) in [6.45, 7) is -0.550. The van der Waals surface area contributed by atoms with Crippen LogP contribution in [0.15, 0.2) is 102 Å². The van der Waals surface area contributed by atoms with Crippen molar-refractivity contribution in [2.24, 2.45) is 0 Å². The molecule has 1 amide bonds. The lowest BCUT2D eigenvalue weighted by atomic mass is 10.2. The third kappa shape index (κ3) is 6.19. The number of hydrogen-bond acceptors (Lipinski definition) is 6. The Hall–Kier alpha value is -4.21. The zero-order valence-electron chi connectivity index (χ0n) is 20.6. The van der Waals surface area contributed by atoms with Crippen molar-refractivity contribution in [3.05, 3.63) is 102 Å².